The molecule has 1 saturated heterocycles. The molecule has 3 saturated carbocycles. The number of fused-ring (bicyclic) bond motifs is 8. The number of aliphatic hydroxyl groups is 1. The van der Waals surface area contributed by atoms with Gasteiger partial charge in [-0.05, 0) is 61.8 Å². The highest BCUT2D eigenvalue weighted by Gasteiger charge is 2.75. The van der Waals surface area contributed by atoms with Gasteiger partial charge in [0.15, 0.2) is 27.8 Å². The van der Waals surface area contributed by atoms with E-state index in [1.807, 2.05) is 38.1 Å². The van der Waals surface area contributed by atoms with Crippen molar-refractivity contribution >= 4 is 43.9 Å². The van der Waals surface area contributed by atoms with Crippen LogP contribution in [0.5, 0.6) is 0 Å². The summed E-state index contributed by atoms with van der Waals surface area (Å²) >= 11 is 1.24. The normalized spacial score (nSPS) is 40.2. The van der Waals surface area contributed by atoms with Gasteiger partial charge in [-0.15, -0.1) is 11.3 Å². The minimum absolute atomic E-state index is 0.0467. The molecule has 0 spiro atoms. The van der Waals surface area contributed by atoms with E-state index in [2.05, 4.69) is 4.98 Å². The van der Waals surface area contributed by atoms with E-state index < -0.39 is 76.3 Å². The number of para-hydroxylation sites is 1. The molecular weight excluding hydrogens is 615 g/mol. The number of allylic oxidation sites excluding steroid dienone is 4. The third-order valence-corrected chi connectivity index (χ3v) is 13.7. The van der Waals surface area contributed by atoms with E-state index in [9.17, 15) is 32.1 Å². The lowest BCUT2D eigenvalue weighted by molar-refractivity contribution is -0.204. The molecule has 236 valence electrons. The fraction of sp³-hybridized carbons (Fsp3) is 0.594. The highest BCUT2D eigenvalue weighted by molar-refractivity contribution is 7.88. The fourth-order valence-electron chi connectivity index (χ4n) is 9.29. The van der Waals surface area contributed by atoms with E-state index in [4.69, 9.17) is 9.47 Å². The maximum Gasteiger partial charge on any atom is 0.389 e. The average Bonchev–Trinajstić information content (AvgIpc) is 3.62. The first-order valence-electron chi connectivity index (χ1n) is 15.0. The first-order valence-corrected chi connectivity index (χ1v) is 17.2. The monoisotopic (exact) mass is 649 g/mol. The van der Waals surface area contributed by atoms with Gasteiger partial charge in [-0.1, -0.05) is 37.6 Å². The van der Waals surface area contributed by atoms with E-state index in [1.54, 1.807) is 18.2 Å². The van der Waals surface area contributed by atoms with Crippen molar-refractivity contribution in [3.05, 3.63) is 48.1 Å². The van der Waals surface area contributed by atoms with Crippen molar-refractivity contribution in [3.63, 3.8) is 0 Å². The van der Waals surface area contributed by atoms with Crippen molar-refractivity contribution < 1.29 is 41.5 Å². The van der Waals surface area contributed by atoms with Crippen LogP contribution in [-0.2, 0) is 29.9 Å². The summed E-state index contributed by atoms with van der Waals surface area (Å²) in [5.74, 6) is -1.39. The Kier molecular flexibility index (Phi) is 7.17. The number of halogens is 3. The van der Waals surface area contributed by atoms with E-state index in [1.165, 1.54) is 11.3 Å². The molecule has 10 atom stereocenters. The predicted octanol–water partition coefficient (Wildman–Crippen LogP) is 5.68. The molecule has 2 aromatic rings. The summed E-state index contributed by atoms with van der Waals surface area (Å²) in [5, 5.41) is 11.8. The molecule has 0 amide bonds. The molecule has 1 aliphatic heterocycles. The molecule has 0 bridgehead atoms. The Morgan fingerprint density at radius 1 is 1.25 bits per heavy atom. The number of nitrogens with zero attached hydrogens (tertiary/aromatic N) is 1. The van der Waals surface area contributed by atoms with Gasteiger partial charge in [0.1, 0.15) is 0 Å². The van der Waals surface area contributed by atoms with Crippen LogP contribution in [0.25, 0.3) is 10.2 Å². The van der Waals surface area contributed by atoms with Crippen molar-refractivity contribution in [1.82, 2.24) is 4.98 Å². The van der Waals surface area contributed by atoms with Crippen molar-refractivity contribution in [3.8, 4) is 0 Å². The molecule has 44 heavy (non-hydrogen) atoms. The molecule has 1 aromatic heterocycles. The van der Waals surface area contributed by atoms with Crippen molar-refractivity contribution in [2.75, 3.05) is 5.75 Å². The van der Waals surface area contributed by atoms with Crippen LogP contribution in [0.15, 0.2) is 52.4 Å². The molecule has 4 aliphatic carbocycles. The molecule has 1 N–H and O–H groups in total. The first-order chi connectivity index (χ1) is 20.7. The van der Waals surface area contributed by atoms with Gasteiger partial charge in [0, 0.05) is 29.6 Å². The quantitative estimate of drug-likeness (QED) is 0.430. The number of aliphatic hydroxyl groups excluding tert-OH is 1. The zero-order valence-corrected chi connectivity index (χ0v) is 26.0. The van der Waals surface area contributed by atoms with Crippen LogP contribution < -0.4 is 0 Å². The topological polar surface area (TPSA) is 103 Å². The third kappa shape index (κ3) is 4.53. The van der Waals surface area contributed by atoms with E-state index in [-0.39, 0.29) is 30.0 Å². The van der Waals surface area contributed by atoms with Crippen LogP contribution in [0.1, 0.15) is 52.4 Å². The van der Waals surface area contributed by atoms with E-state index in [0.717, 1.165) is 10.3 Å². The number of aromatic nitrogens is 1. The predicted molar refractivity (Wildman–Crippen MR) is 157 cm³/mol. The number of carbonyl (C=O) groups excluding carboxylic acids is 2. The molecule has 4 fully saturated rings. The van der Waals surface area contributed by atoms with E-state index >= 15 is 0 Å². The zero-order valence-electron chi connectivity index (χ0n) is 24.3. The van der Waals surface area contributed by atoms with Gasteiger partial charge in [-0.3, -0.25) is 13.8 Å². The van der Waals surface area contributed by atoms with E-state index in [0.29, 0.717) is 29.1 Å². The van der Waals surface area contributed by atoms with Crippen LogP contribution in [0.4, 0.5) is 13.2 Å². The van der Waals surface area contributed by atoms with Gasteiger partial charge in [0.05, 0.1) is 39.0 Å². The smallest absolute Gasteiger partial charge is 0.389 e. The number of rotatable bonds is 6. The maximum absolute atomic E-state index is 14.5. The number of carbonyl (C=O) groups is 2. The number of ketones is 2. The van der Waals surface area contributed by atoms with Crippen LogP contribution in [0, 0.1) is 28.6 Å². The van der Waals surface area contributed by atoms with Crippen LogP contribution in [-0.4, -0.2) is 61.9 Å². The standard InChI is InChI=1S/C32H34F3NO6S2/c1-29-11-9-18(37)13-17(29)7-8-19-20-14-25-32(30(20,2)15-22(38)27(19)29,42-26(41-25)10-12-31(33,34)35)24(39)16-44(40)28-36-21-5-3-4-6-23(21)43-28/h3-6,9,11,13,19-20,22,25-27,38H,7-8,10,12,14-16H2,1-2H3/t19?,20?,22-,25+,26?,27?,29?,30?,32-,44?/m0/s1. The number of hydrogen-bond acceptors (Lipinski definition) is 8. The van der Waals surface area contributed by atoms with Gasteiger partial charge in [0.2, 0.25) is 0 Å². The molecule has 0 radical (unpaired) electrons. The highest BCUT2D eigenvalue weighted by Crippen LogP contribution is 2.69. The van der Waals surface area contributed by atoms with Crippen LogP contribution >= 0.6 is 11.3 Å². The van der Waals surface area contributed by atoms with Crippen LogP contribution in [0.3, 0.4) is 0 Å². The summed E-state index contributed by atoms with van der Waals surface area (Å²) in [7, 11) is -1.82. The lowest BCUT2D eigenvalue weighted by atomic mass is 9.46. The van der Waals surface area contributed by atoms with Crippen molar-refractivity contribution in [1.29, 1.82) is 0 Å². The molecule has 7 rings (SSSR count). The molecule has 2 heterocycles. The Balaban J connectivity index is 1.23. The maximum atomic E-state index is 14.5. The zero-order chi connectivity index (χ0) is 31.2. The number of ether oxygens (including phenoxy) is 2. The second-order valence-electron chi connectivity index (χ2n) is 13.4. The molecule has 7 unspecified atom stereocenters. The Morgan fingerprint density at radius 3 is 2.77 bits per heavy atom. The molecule has 7 nitrogen and oxygen atoms in total. The van der Waals surface area contributed by atoms with Crippen molar-refractivity contribution in [2.45, 2.75) is 87.0 Å². The fourth-order valence-corrected chi connectivity index (χ4v) is 11.6. The highest BCUT2D eigenvalue weighted by atomic mass is 32.2. The SMILES string of the molecule is CC12C=CC(=O)C=C1CCC1C2[C@@H](O)CC2(C)C1C[C@H]1OC(CCC(F)(F)F)O[C@@]12C(=O)CS(=O)c1nc2ccccc2s1. The minimum atomic E-state index is -4.42. The molecule has 5 aliphatic rings. The molecule has 1 aromatic carbocycles. The Bertz CT molecular complexity index is 1590. The summed E-state index contributed by atoms with van der Waals surface area (Å²) in [6.07, 6.45) is -1.96. The number of benzene rings is 1. The summed E-state index contributed by atoms with van der Waals surface area (Å²) in [4.78, 5) is 31.1. The summed E-state index contributed by atoms with van der Waals surface area (Å²) in [6.45, 7) is 3.93. The van der Waals surface area contributed by atoms with Gasteiger partial charge in [-0.2, -0.15) is 13.2 Å². The summed E-state index contributed by atoms with van der Waals surface area (Å²) in [5.41, 5.74) is -1.52. The third-order valence-electron chi connectivity index (χ3n) is 11.1. The average molecular weight is 650 g/mol. The molecular formula is C32H34F3NO6S2. The second-order valence-corrected chi connectivity index (χ2v) is 16.0. The second kappa shape index (κ2) is 10.4. The Labute approximate surface area is 259 Å². The first kappa shape index (κ1) is 30.4. The minimum Gasteiger partial charge on any atom is -0.393 e. The largest absolute Gasteiger partial charge is 0.393 e. The van der Waals surface area contributed by atoms with Gasteiger partial charge in [0.25, 0.3) is 0 Å². The number of alkyl halides is 3. The molecule has 12 heteroatoms. The lowest BCUT2D eigenvalue weighted by Crippen LogP contribution is -2.63. The van der Waals surface area contributed by atoms with Gasteiger partial charge < -0.3 is 14.6 Å². The van der Waals surface area contributed by atoms with Gasteiger partial charge in [-0.25, -0.2) is 4.98 Å². The van der Waals surface area contributed by atoms with Gasteiger partial charge >= 0.3 is 6.18 Å². The number of hydrogen-bond donors (Lipinski definition) is 1. The Hall–Kier alpha value is -2.25. The lowest BCUT2D eigenvalue weighted by Gasteiger charge is -2.59. The number of Topliss-reactive ketones (excluding diaryl/α,β-unsaturated/α-hetero) is 1. The Morgan fingerprint density at radius 2 is 2.02 bits per heavy atom. The summed E-state index contributed by atoms with van der Waals surface area (Å²) < 4.78 is 66.8. The van der Waals surface area contributed by atoms with Crippen LogP contribution in [0.2, 0.25) is 0 Å². The summed E-state index contributed by atoms with van der Waals surface area (Å²) in [6, 6.07) is 7.32. The number of thiazole rings is 1. The van der Waals surface area contributed by atoms with Crippen molar-refractivity contribution in [2.24, 2.45) is 28.6 Å².